The van der Waals surface area contributed by atoms with Crippen molar-refractivity contribution in [1.29, 1.82) is 0 Å². The molecule has 150 valence electrons. The van der Waals surface area contributed by atoms with Crippen LogP contribution in [0.3, 0.4) is 0 Å². The van der Waals surface area contributed by atoms with Crippen LogP contribution in [0.4, 0.5) is 5.69 Å². The number of amides is 1. The second-order valence-electron chi connectivity index (χ2n) is 6.24. The third kappa shape index (κ3) is 6.19. The van der Waals surface area contributed by atoms with Crippen molar-refractivity contribution in [3.05, 3.63) is 82.1 Å². The monoisotopic (exact) mass is 490 g/mol. The molecule has 0 aliphatic carbocycles. The number of halogens is 2. The fourth-order valence-electron chi connectivity index (χ4n) is 2.73. The molecular formula is C21H20BrClN4OS. The van der Waals surface area contributed by atoms with E-state index in [1.165, 1.54) is 17.3 Å². The lowest BCUT2D eigenvalue weighted by molar-refractivity contribution is -0.113. The lowest BCUT2D eigenvalue weighted by Crippen LogP contribution is -2.15. The van der Waals surface area contributed by atoms with Crippen LogP contribution in [-0.4, -0.2) is 26.4 Å². The molecule has 29 heavy (non-hydrogen) atoms. The molecular weight excluding hydrogens is 472 g/mol. The van der Waals surface area contributed by atoms with Crippen molar-refractivity contribution in [2.45, 2.75) is 24.5 Å². The normalized spacial score (nSPS) is 10.7. The summed E-state index contributed by atoms with van der Waals surface area (Å²) < 4.78 is 2.86. The van der Waals surface area contributed by atoms with Crippen molar-refractivity contribution in [3.8, 4) is 0 Å². The summed E-state index contributed by atoms with van der Waals surface area (Å²) in [5.41, 5.74) is 1.83. The fourth-order valence-corrected chi connectivity index (χ4v) is 4.22. The minimum absolute atomic E-state index is 0.154. The highest BCUT2D eigenvalue weighted by Gasteiger charge is 2.14. The number of nitrogens with zero attached hydrogens (tertiary/aromatic N) is 3. The zero-order valence-electron chi connectivity index (χ0n) is 15.6. The maximum atomic E-state index is 12.3. The number of benzene rings is 2. The molecule has 2 aromatic carbocycles. The third-order valence-corrected chi connectivity index (χ3v) is 5.90. The van der Waals surface area contributed by atoms with E-state index in [1.807, 2.05) is 28.8 Å². The summed E-state index contributed by atoms with van der Waals surface area (Å²) in [4.78, 5) is 12.3. The summed E-state index contributed by atoms with van der Waals surface area (Å²) in [5, 5.41) is 12.6. The molecule has 1 aromatic heterocycles. The Bertz CT molecular complexity index is 994. The van der Waals surface area contributed by atoms with Gasteiger partial charge in [-0.15, -0.1) is 16.8 Å². The van der Waals surface area contributed by atoms with Crippen LogP contribution in [0.5, 0.6) is 0 Å². The summed E-state index contributed by atoms with van der Waals surface area (Å²) in [6, 6.07) is 15.6. The minimum Gasteiger partial charge on any atom is -0.324 e. The van der Waals surface area contributed by atoms with Gasteiger partial charge >= 0.3 is 0 Å². The van der Waals surface area contributed by atoms with Gasteiger partial charge in [-0.05, 0) is 30.2 Å². The smallest absolute Gasteiger partial charge is 0.234 e. The van der Waals surface area contributed by atoms with Gasteiger partial charge in [-0.25, -0.2) is 0 Å². The van der Waals surface area contributed by atoms with Crippen LogP contribution >= 0.6 is 39.3 Å². The molecule has 0 spiro atoms. The van der Waals surface area contributed by atoms with E-state index in [0.717, 1.165) is 23.1 Å². The first-order valence-electron chi connectivity index (χ1n) is 9.01. The van der Waals surface area contributed by atoms with Gasteiger partial charge in [-0.1, -0.05) is 75.7 Å². The van der Waals surface area contributed by atoms with Crippen LogP contribution < -0.4 is 5.32 Å². The van der Waals surface area contributed by atoms with Crippen LogP contribution in [0.1, 0.15) is 11.4 Å². The molecule has 0 aliphatic heterocycles. The number of allylic oxidation sites excluding steroid dienone is 1. The Morgan fingerprint density at radius 3 is 2.72 bits per heavy atom. The van der Waals surface area contributed by atoms with Gasteiger partial charge in [-0.3, -0.25) is 4.79 Å². The molecule has 3 rings (SSSR count). The number of rotatable bonds is 9. The van der Waals surface area contributed by atoms with Gasteiger partial charge in [0.25, 0.3) is 0 Å². The van der Waals surface area contributed by atoms with Gasteiger partial charge in [0, 0.05) is 17.4 Å². The zero-order valence-corrected chi connectivity index (χ0v) is 18.8. The predicted octanol–water partition coefficient (Wildman–Crippen LogP) is 5.40. The maximum absolute atomic E-state index is 12.3. The first-order chi connectivity index (χ1) is 14.1. The Labute approximate surface area is 187 Å². The molecule has 0 bridgehead atoms. The SMILES string of the molecule is C=CCn1c(CCc2ccccc2)nnc1SCC(=O)Nc1ccc(Br)cc1Cl. The summed E-state index contributed by atoms with van der Waals surface area (Å²) in [6.07, 6.45) is 3.45. The topological polar surface area (TPSA) is 59.8 Å². The zero-order chi connectivity index (χ0) is 20.6. The van der Waals surface area contributed by atoms with Crippen LogP contribution in [0.25, 0.3) is 0 Å². The van der Waals surface area contributed by atoms with Crippen molar-refractivity contribution in [2.75, 3.05) is 11.1 Å². The van der Waals surface area contributed by atoms with E-state index in [-0.39, 0.29) is 11.7 Å². The number of hydrogen-bond donors (Lipinski definition) is 1. The molecule has 3 aromatic rings. The Balaban J connectivity index is 1.61. The summed E-state index contributed by atoms with van der Waals surface area (Å²) >= 11 is 10.8. The number of anilines is 1. The Hall–Kier alpha value is -2.09. The Kier molecular flexibility index (Phi) is 7.91. The van der Waals surface area contributed by atoms with E-state index >= 15 is 0 Å². The second kappa shape index (κ2) is 10.6. The molecule has 0 aliphatic rings. The number of aromatic nitrogens is 3. The van der Waals surface area contributed by atoms with Gasteiger partial charge in [0.05, 0.1) is 16.5 Å². The number of nitrogens with one attached hydrogen (secondary N) is 1. The summed E-state index contributed by atoms with van der Waals surface area (Å²) in [7, 11) is 0. The van der Waals surface area contributed by atoms with Gasteiger partial charge in [0.2, 0.25) is 5.91 Å². The van der Waals surface area contributed by atoms with Gasteiger partial charge in [0.15, 0.2) is 5.16 Å². The first kappa shape index (κ1) is 21.6. The quantitative estimate of drug-likeness (QED) is 0.322. The highest BCUT2D eigenvalue weighted by atomic mass is 79.9. The average molecular weight is 492 g/mol. The van der Waals surface area contributed by atoms with Crippen molar-refractivity contribution < 1.29 is 4.79 Å². The van der Waals surface area contributed by atoms with Gasteiger partial charge < -0.3 is 9.88 Å². The molecule has 5 nitrogen and oxygen atoms in total. The van der Waals surface area contributed by atoms with Gasteiger partial charge in [0.1, 0.15) is 5.82 Å². The Morgan fingerprint density at radius 2 is 2.00 bits per heavy atom. The van der Waals surface area contributed by atoms with Crippen LogP contribution in [-0.2, 0) is 24.2 Å². The lowest BCUT2D eigenvalue weighted by Gasteiger charge is -2.09. The van der Waals surface area contributed by atoms with E-state index in [4.69, 9.17) is 11.6 Å². The summed E-state index contributed by atoms with van der Waals surface area (Å²) in [6.45, 7) is 4.42. The molecule has 8 heteroatoms. The minimum atomic E-state index is -0.154. The molecule has 0 fully saturated rings. The van der Waals surface area contributed by atoms with Crippen molar-refractivity contribution in [2.24, 2.45) is 0 Å². The molecule has 0 radical (unpaired) electrons. The molecule has 1 amide bonds. The second-order valence-corrected chi connectivity index (χ2v) is 8.51. The third-order valence-electron chi connectivity index (χ3n) is 4.12. The van der Waals surface area contributed by atoms with Crippen molar-refractivity contribution in [1.82, 2.24) is 14.8 Å². The van der Waals surface area contributed by atoms with E-state index in [9.17, 15) is 4.79 Å². The highest BCUT2D eigenvalue weighted by Crippen LogP contribution is 2.26. The fraction of sp³-hybridized carbons (Fsp3) is 0.190. The molecule has 1 heterocycles. The van der Waals surface area contributed by atoms with E-state index in [0.29, 0.717) is 22.4 Å². The number of hydrogen-bond acceptors (Lipinski definition) is 4. The molecule has 0 unspecified atom stereocenters. The van der Waals surface area contributed by atoms with Crippen molar-refractivity contribution >= 4 is 50.9 Å². The molecule has 0 saturated carbocycles. The lowest BCUT2D eigenvalue weighted by atomic mass is 10.1. The maximum Gasteiger partial charge on any atom is 0.234 e. The predicted molar refractivity (Wildman–Crippen MR) is 123 cm³/mol. The van der Waals surface area contributed by atoms with Crippen LogP contribution in [0.15, 0.2) is 70.8 Å². The number of thioether (sulfide) groups is 1. The highest BCUT2D eigenvalue weighted by molar-refractivity contribution is 9.10. The van der Waals surface area contributed by atoms with Gasteiger partial charge in [-0.2, -0.15) is 0 Å². The largest absolute Gasteiger partial charge is 0.324 e. The van der Waals surface area contributed by atoms with E-state index < -0.39 is 0 Å². The van der Waals surface area contributed by atoms with Crippen LogP contribution in [0, 0.1) is 0 Å². The van der Waals surface area contributed by atoms with Crippen LogP contribution in [0.2, 0.25) is 5.02 Å². The number of carbonyl (C=O) groups is 1. The first-order valence-corrected chi connectivity index (χ1v) is 11.2. The van der Waals surface area contributed by atoms with E-state index in [1.54, 1.807) is 18.2 Å². The average Bonchev–Trinajstić information content (AvgIpc) is 3.10. The number of aryl methyl sites for hydroxylation is 2. The molecule has 0 saturated heterocycles. The molecule has 1 N–H and O–H groups in total. The standard InChI is InChI=1S/C21H20BrClN4OS/c1-2-12-27-19(11-8-15-6-4-3-5-7-15)25-26-21(27)29-14-20(28)24-18-10-9-16(22)13-17(18)23/h2-7,9-10,13H,1,8,11-12,14H2,(H,24,28). The van der Waals surface area contributed by atoms with Crippen molar-refractivity contribution in [3.63, 3.8) is 0 Å². The number of carbonyl (C=O) groups excluding carboxylic acids is 1. The summed E-state index contributed by atoms with van der Waals surface area (Å²) in [5.74, 6) is 0.936. The Morgan fingerprint density at radius 1 is 1.21 bits per heavy atom. The molecule has 0 atom stereocenters. The van der Waals surface area contributed by atoms with E-state index in [2.05, 4.69) is 50.2 Å².